The van der Waals surface area contributed by atoms with Gasteiger partial charge in [-0.25, -0.2) is 4.79 Å². The van der Waals surface area contributed by atoms with Crippen molar-refractivity contribution >= 4 is 47.1 Å². The van der Waals surface area contributed by atoms with Crippen LogP contribution in [0.5, 0.6) is 5.75 Å². The van der Waals surface area contributed by atoms with Gasteiger partial charge in [-0.15, -0.1) is 0 Å². The first-order valence-electron chi connectivity index (χ1n) is 10.3. The Bertz CT molecular complexity index is 1100. The van der Waals surface area contributed by atoms with Crippen molar-refractivity contribution in [3.05, 3.63) is 69.3 Å². The van der Waals surface area contributed by atoms with Gasteiger partial charge in [-0.1, -0.05) is 41.4 Å². The number of nitrogens with one attached hydrogen (secondary N) is 1. The molecule has 0 aromatic heterocycles. The molecular formula is C23H21Cl2N3O5. The molecule has 0 aliphatic carbocycles. The molecule has 0 unspecified atom stereocenters. The zero-order valence-corrected chi connectivity index (χ0v) is 19.1. The highest BCUT2D eigenvalue weighted by Gasteiger charge is 2.33. The van der Waals surface area contributed by atoms with Crippen LogP contribution in [0.4, 0.5) is 4.79 Å². The first-order valence-corrected chi connectivity index (χ1v) is 11.0. The second-order valence-corrected chi connectivity index (χ2v) is 8.29. The summed E-state index contributed by atoms with van der Waals surface area (Å²) in [4.78, 5) is 40.0. The van der Waals surface area contributed by atoms with E-state index in [2.05, 4.69) is 5.32 Å². The van der Waals surface area contributed by atoms with Gasteiger partial charge in [0.2, 0.25) is 0 Å². The van der Waals surface area contributed by atoms with Gasteiger partial charge in [-0.2, -0.15) is 0 Å². The number of halogens is 2. The van der Waals surface area contributed by atoms with Gasteiger partial charge in [0.25, 0.3) is 11.8 Å². The number of hydrogen-bond donors (Lipinski definition) is 1. The third kappa shape index (κ3) is 5.65. The molecule has 2 aliphatic rings. The second kappa shape index (κ2) is 10.2. The maximum absolute atomic E-state index is 12.7. The number of nitrogens with zero attached hydrogens (tertiary/aromatic N) is 2. The zero-order valence-electron chi connectivity index (χ0n) is 17.6. The van der Waals surface area contributed by atoms with E-state index in [0.717, 1.165) is 4.90 Å². The van der Waals surface area contributed by atoms with E-state index in [1.54, 1.807) is 53.4 Å². The molecule has 172 valence electrons. The maximum atomic E-state index is 12.7. The molecular weight excluding hydrogens is 469 g/mol. The van der Waals surface area contributed by atoms with E-state index in [4.69, 9.17) is 32.7 Å². The lowest BCUT2D eigenvalue weighted by molar-refractivity contribution is -0.137. The summed E-state index contributed by atoms with van der Waals surface area (Å²) in [6.45, 7) is 2.22. The fraction of sp³-hybridized carbons (Fsp3) is 0.261. The number of ether oxygens (including phenoxy) is 2. The van der Waals surface area contributed by atoms with Crippen LogP contribution in [0, 0.1) is 0 Å². The van der Waals surface area contributed by atoms with Crippen LogP contribution in [0.25, 0.3) is 6.08 Å². The summed E-state index contributed by atoms with van der Waals surface area (Å²) >= 11 is 11.9. The van der Waals surface area contributed by atoms with E-state index < -0.39 is 11.9 Å². The molecule has 8 nitrogen and oxygen atoms in total. The van der Waals surface area contributed by atoms with E-state index >= 15 is 0 Å². The number of hydrogen-bond acceptors (Lipinski definition) is 5. The second-order valence-electron chi connectivity index (χ2n) is 7.48. The molecule has 0 atom stereocenters. The molecule has 4 rings (SSSR count). The number of amides is 4. The predicted octanol–water partition coefficient (Wildman–Crippen LogP) is 3.32. The van der Waals surface area contributed by atoms with E-state index in [0.29, 0.717) is 53.2 Å². The minimum Gasteiger partial charge on any atom is -0.484 e. The predicted molar refractivity (Wildman–Crippen MR) is 123 cm³/mol. The fourth-order valence-corrected chi connectivity index (χ4v) is 3.73. The van der Waals surface area contributed by atoms with Crippen LogP contribution in [0.3, 0.4) is 0 Å². The molecule has 0 spiro atoms. The fourth-order valence-electron chi connectivity index (χ4n) is 3.41. The molecule has 0 radical (unpaired) electrons. The monoisotopic (exact) mass is 489 g/mol. The van der Waals surface area contributed by atoms with Crippen LogP contribution in [-0.4, -0.2) is 60.6 Å². The smallest absolute Gasteiger partial charge is 0.329 e. The van der Waals surface area contributed by atoms with Crippen LogP contribution in [0.1, 0.15) is 11.1 Å². The highest BCUT2D eigenvalue weighted by molar-refractivity contribution is 6.42. The Hall–Kier alpha value is -3.07. The van der Waals surface area contributed by atoms with Gasteiger partial charge < -0.3 is 19.7 Å². The van der Waals surface area contributed by atoms with Gasteiger partial charge >= 0.3 is 6.03 Å². The third-order valence-electron chi connectivity index (χ3n) is 5.20. The van der Waals surface area contributed by atoms with Crippen molar-refractivity contribution in [2.75, 3.05) is 32.9 Å². The molecule has 2 aromatic rings. The summed E-state index contributed by atoms with van der Waals surface area (Å²) in [5.41, 5.74) is 1.54. The first-order chi connectivity index (χ1) is 15.9. The number of morpholine rings is 1. The summed E-state index contributed by atoms with van der Waals surface area (Å²) in [6, 6.07) is 11.3. The number of urea groups is 1. The van der Waals surface area contributed by atoms with E-state index in [-0.39, 0.29) is 24.8 Å². The highest BCUT2D eigenvalue weighted by Crippen LogP contribution is 2.25. The number of rotatable bonds is 6. The van der Waals surface area contributed by atoms with Gasteiger partial charge in [-0.05, 0) is 41.5 Å². The first kappa shape index (κ1) is 23.1. The van der Waals surface area contributed by atoms with Crippen molar-refractivity contribution in [1.82, 2.24) is 15.1 Å². The summed E-state index contributed by atoms with van der Waals surface area (Å²) in [5.74, 6) is -0.00452. The molecule has 1 N–H and O–H groups in total. The van der Waals surface area contributed by atoms with Crippen LogP contribution in [-0.2, 0) is 20.9 Å². The minimum atomic E-state index is -0.515. The molecule has 4 amide bonds. The van der Waals surface area contributed by atoms with E-state index in [9.17, 15) is 14.4 Å². The number of imide groups is 1. The van der Waals surface area contributed by atoms with E-state index in [1.165, 1.54) is 0 Å². The average Bonchev–Trinajstić information content (AvgIpc) is 3.08. The summed E-state index contributed by atoms with van der Waals surface area (Å²) < 4.78 is 10.8. The van der Waals surface area contributed by atoms with Crippen molar-refractivity contribution in [2.45, 2.75) is 6.54 Å². The largest absolute Gasteiger partial charge is 0.484 e. The van der Waals surface area contributed by atoms with Crippen molar-refractivity contribution in [1.29, 1.82) is 0 Å². The maximum Gasteiger partial charge on any atom is 0.329 e. The summed E-state index contributed by atoms with van der Waals surface area (Å²) in [7, 11) is 0. The standard InChI is InChI=1S/C23H21Cl2N3O5/c24-18-6-3-16(11-19(18)25)13-28-22(30)20(26-23(28)31)12-15-1-4-17(5-2-15)33-14-21(29)27-7-9-32-10-8-27/h1-6,11-12H,7-10,13-14H2,(H,26,31)/b20-12-. The molecule has 0 saturated carbocycles. The Morgan fingerprint density at radius 2 is 1.79 bits per heavy atom. The molecule has 2 saturated heterocycles. The highest BCUT2D eigenvalue weighted by atomic mass is 35.5. The summed E-state index contributed by atoms with van der Waals surface area (Å²) in [5, 5.41) is 3.34. The average molecular weight is 490 g/mol. The molecule has 2 aliphatic heterocycles. The Morgan fingerprint density at radius 1 is 1.06 bits per heavy atom. The lowest BCUT2D eigenvalue weighted by atomic mass is 10.1. The number of benzene rings is 2. The SMILES string of the molecule is O=C(COc1ccc(/C=C2\NC(=O)N(Cc3ccc(Cl)c(Cl)c3)C2=O)cc1)N1CCOCC1. The third-order valence-corrected chi connectivity index (χ3v) is 5.94. The van der Waals surface area contributed by atoms with Gasteiger partial charge in [0.05, 0.1) is 29.8 Å². The van der Waals surface area contributed by atoms with Gasteiger partial charge in [0.15, 0.2) is 6.61 Å². The molecule has 33 heavy (non-hydrogen) atoms. The lowest BCUT2D eigenvalue weighted by Gasteiger charge is -2.26. The number of carbonyl (C=O) groups is 3. The Balaban J connectivity index is 1.36. The minimum absolute atomic E-state index is 0.0569. The topological polar surface area (TPSA) is 88.2 Å². The Labute approximate surface area is 200 Å². The summed E-state index contributed by atoms with van der Waals surface area (Å²) in [6.07, 6.45) is 1.58. The number of carbonyl (C=O) groups excluding carboxylic acids is 3. The Kier molecular flexibility index (Phi) is 7.17. The van der Waals surface area contributed by atoms with Crippen LogP contribution >= 0.6 is 23.2 Å². The molecule has 2 aromatic carbocycles. The molecule has 0 bridgehead atoms. The van der Waals surface area contributed by atoms with Crippen molar-refractivity contribution in [3.8, 4) is 5.75 Å². The molecule has 2 heterocycles. The molecule has 2 fully saturated rings. The van der Waals surface area contributed by atoms with Crippen LogP contribution in [0.15, 0.2) is 48.2 Å². The van der Waals surface area contributed by atoms with Crippen LogP contribution in [0.2, 0.25) is 10.0 Å². The van der Waals surface area contributed by atoms with Crippen molar-refractivity contribution < 1.29 is 23.9 Å². The lowest BCUT2D eigenvalue weighted by Crippen LogP contribution is -2.42. The molecule has 10 heteroatoms. The normalized spacial score (nSPS) is 17.5. The van der Waals surface area contributed by atoms with Gasteiger partial charge in [0, 0.05) is 13.1 Å². The zero-order chi connectivity index (χ0) is 23.4. The van der Waals surface area contributed by atoms with Crippen molar-refractivity contribution in [3.63, 3.8) is 0 Å². The Morgan fingerprint density at radius 3 is 2.48 bits per heavy atom. The van der Waals surface area contributed by atoms with Gasteiger partial charge in [0.1, 0.15) is 11.4 Å². The van der Waals surface area contributed by atoms with Crippen molar-refractivity contribution in [2.24, 2.45) is 0 Å². The van der Waals surface area contributed by atoms with Crippen LogP contribution < -0.4 is 10.1 Å². The van der Waals surface area contributed by atoms with Gasteiger partial charge in [-0.3, -0.25) is 14.5 Å². The quantitative estimate of drug-likeness (QED) is 0.496. The van der Waals surface area contributed by atoms with E-state index in [1.807, 2.05) is 0 Å².